The van der Waals surface area contributed by atoms with E-state index >= 15 is 0 Å². The zero-order valence-corrected chi connectivity index (χ0v) is 11.3. The maximum Gasteiger partial charge on any atom is 0.128 e. The summed E-state index contributed by atoms with van der Waals surface area (Å²) in [6.07, 6.45) is 2.03. The predicted octanol–water partition coefficient (Wildman–Crippen LogP) is 3.86. The van der Waals surface area contributed by atoms with Gasteiger partial charge in [0, 0.05) is 10.5 Å². The second-order valence-corrected chi connectivity index (χ2v) is 4.83. The Labute approximate surface area is 111 Å². The van der Waals surface area contributed by atoms with Crippen molar-refractivity contribution in [2.75, 3.05) is 13.3 Å². The van der Waals surface area contributed by atoms with E-state index in [1.165, 1.54) is 11.0 Å². The minimum absolute atomic E-state index is 0.116. The molecule has 1 atom stereocenters. The Hall–Kier alpha value is -1.32. The highest BCUT2D eigenvalue weighted by molar-refractivity contribution is 7.98. The maximum absolute atomic E-state index is 13.9. The fraction of sp³-hybridized carbons (Fsp3) is 0.200. The summed E-state index contributed by atoms with van der Waals surface area (Å²) >= 11 is 1.68. The van der Waals surface area contributed by atoms with E-state index in [4.69, 9.17) is 0 Å². The Morgan fingerprint density at radius 2 is 1.61 bits per heavy atom. The average Bonchev–Trinajstić information content (AvgIpc) is 2.42. The van der Waals surface area contributed by atoms with Gasteiger partial charge in [-0.1, -0.05) is 36.4 Å². The topological polar surface area (TPSA) is 12.0 Å². The number of hydrogen-bond donors (Lipinski definition) is 1. The summed E-state index contributed by atoms with van der Waals surface area (Å²) < 4.78 is 13.9. The van der Waals surface area contributed by atoms with Crippen molar-refractivity contribution in [3.8, 4) is 0 Å². The van der Waals surface area contributed by atoms with Crippen molar-refractivity contribution in [2.45, 2.75) is 10.9 Å². The van der Waals surface area contributed by atoms with Crippen molar-refractivity contribution < 1.29 is 4.39 Å². The molecule has 0 aliphatic rings. The minimum Gasteiger partial charge on any atom is -0.309 e. The molecule has 0 heterocycles. The zero-order chi connectivity index (χ0) is 13.0. The van der Waals surface area contributed by atoms with E-state index in [1.807, 2.05) is 43.6 Å². The highest BCUT2D eigenvalue weighted by atomic mass is 32.2. The molecular weight excluding hydrogens is 245 g/mol. The molecule has 0 aliphatic carbocycles. The van der Waals surface area contributed by atoms with Gasteiger partial charge in [0.15, 0.2) is 0 Å². The molecule has 94 valence electrons. The van der Waals surface area contributed by atoms with E-state index in [0.717, 1.165) is 5.56 Å². The van der Waals surface area contributed by atoms with Gasteiger partial charge in [0.05, 0.1) is 6.04 Å². The van der Waals surface area contributed by atoms with Gasteiger partial charge in [-0.15, -0.1) is 11.8 Å². The summed E-state index contributed by atoms with van der Waals surface area (Å²) in [5.74, 6) is -0.173. The summed E-state index contributed by atoms with van der Waals surface area (Å²) in [6, 6.07) is 14.9. The van der Waals surface area contributed by atoms with Gasteiger partial charge in [0.2, 0.25) is 0 Å². The summed E-state index contributed by atoms with van der Waals surface area (Å²) in [5.41, 5.74) is 1.79. The summed E-state index contributed by atoms with van der Waals surface area (Å²) in [7, 11) is 1.86. The molecule has 0 saturated carbocycles. The number of halogens is 1. The molecule has 0 amide bonds. The van der Waals surface area contributed by atoms with E-state index in [0.29, 0.717) is 5.56 Å². The molecule has 0 spiro atoms. The predicted molar refractivity (Wildman–Crippen MR) is 75.5 cm³/mol. The van der Waals surface area contributed by atoms with Crippen LogP contribution in [0.4, 0.5) is 4.39 Å². The fourth-order valence-electron chi connectivity index (χ4n) is 2.09. The van der Waals surface area contributed by atoms with Crippen LogP contribution in [0, 0.1) is 5.82 Å². The molecule has 0 aliphatic heterocycles. The summed E-state index contributed by atoms with van der Waals surface area (Å²) in [4.78, 5) is 1.17. The third-order valence-electron chi connectivity index (χ3n) is 2.95. The fourth-order valence-corrected chi connectivity index (χ4v) is 2.73. The van der Waals surface area contributed by atoms with Crippen LogP contribution in [0.15, 0.2) is 53.4 Å². The Morgan fingerprint density at radius 1 is 1.00 bits per heavy atom. The van der Waals surface area contributed by atoms with E-state index in [1.54, 1.807) is 17.8 Å². The van der Waals surface area contributed by atoms with Crippen LogP contribution < -0.4 is 5.32 Å². The first-order valence-corrected chi connectivity index (χ1v) is 7.05. The lowest BCUT2D eigenvalue weighted by molar-refractivity contribution is 0.573. The molecule has 18 heavy (non-hydrogen) atoms. The van der Waals surface area contributed by atoms with Crippen molar-refractivity contribution >= 4 is 11.8 Å². The van der Waals surface area contributed by atoms with Gasteiger partial charge in [-0.2, -0.15) is 0 Å². The first kappa shape index (κ1) is 13.1. The number of benzene rings is 2. The standard InChI is InChI=1S/C15H16FNS/c1-17-15(11-7-3-5-9-13(11)16)12-8-4-6-10-14(12)18-2/h3-10,15,17H,1-2H3. The van der Waals surface area contributed by atoms with Crippen LogP contribution in [-0.2, 0) is 0 Å². The van der Waals surface area contributed by atoms with Crippen LogP contribution in [0.5, 0.6) is 0 Å². The quantitative estimate of drug-likeness (QED) is 0.839. The lowest BCUT2D eigenvalue weighted by Gasteiger charge is -2.20. The van der Waals surface area contributed by atoms with Gasteiger partial charge in [-0.3, -0.25) is 0 Å². The SMILES string of the molecule is CNC(c1ccccc1F)c1ccccc1SC. The van der Waals surface area contributed by atoms with Gasteiger partial charge >= 0.3 is 0 Å². The highest BCUT2D eigenvalue weighted by Crippen LogP contribution is 2.30. The summed E-state index contributed by atoms with van der Waals surface area (Å²) in [5, 5.41) is 3.20. The molecule has 0 saturated heterocycles. The van der Waals surface area contributed by atoms with Crippen LogP contribution in [0.3, 0.4) is 0 Å². The van der Waals surface area contributed by atoms with Crippen LogP contribution in [0.2, 0.25) is 0 Å². The second-order valence-electron chi connectivity index (χ2n) is 3.99. The number of nitrogens with one attached hydrogen (secondary N) is 1. The first-order chi connectivity index (χ1) is 8.77. The van der Waals surface area contributed by atoms with Crippen LogP contribution in [-0.4, -0.2) is 13.3 Å². The van der Waals surface area contributed by atoms with E-state index < -0.39 is 0 Å². The lowest BCUT2D eigenvalue weighted by Crippen LogP contribution is -2.19. The van der Waals surface area contributed by atoms with Gasteiger partial charge < -0.3 is 5.32 Å². The third kappa shape index (κ3) is 2.57. The Morgan fingerprint density at radius 3 is 2.22 bits per heavy atom. The maximum atomic E-state index is 13.9. The molecule has 0 fully saturated rings. The number of hydrogen-bond acceptors (Lipinski definition) is 2. The molecule has 0 radical (unpaired) electrons. The van der Waals surface area contributed by atoms with Gasteiger partial charge in [0.25, 0.3) is 0 Å². The Bertz CT molecular complexity index is 527. The van der Waals surface area contributed by atoms with Crippen molar-refractivity contribution in [3.63, 3.8) is 0 Å². The van der Waals surface area contributed by atoms with Crippen molar-refractivity contribution in [3.05, 3.63) is 65.5 Å². The largest absolute Gasteiger partial charge is 0.309 e. The Kier molecular flexibility index (Phi) is 4.39. The molecule has 2 rings (SSSR count). The molecule has 2 aromatic carbocycles. The van der Waals surface area contributed by atoms with Gasteiger partial charge in [0.1, 0.15) is 5.82 Å². The van der Waals surface area contributed by atoms with Gasteiger partial charge in [-0.05, 0) is 31.0 Å². The average molecular weight is 261 g/mol. The summed E-state index contributed by atoms with van der Waals surface area (Å²) in [6.45, 7) is 0. The van der Waals surface area contributed by atoms with E-state index in [9.17, 15) is 4.39 Å². The van der Waals surface area contributed by atoms with Crippen LogP contribution in [0.25, 0.3) is 0 Å². The first-order valence-electron chi connectivity index (χ1n) is 5.82. The van der Waals surface area contributed by atoms with Crippen molar-refractivity contribution in [1.82, 2.24) is 5.32 Å². The van der Waals surface area contributed by atoms with Crippen LogP contribution >= 0.6 is 11.8 Å². The number of rotatable bonds is 4. The van der Waals surface area contributed by atoms with E-state index in [-0.39, 0.29) is 11.9 Å². The second kappa shape index (κ2) is 6.03. The minimum atomic E-state index is -0.173. The molecule has 1 nitrogen and oxygen atoms in total. The monoisotopic (exact) mass is 261 g/mol. The molecule has 1 N–H and O–H groups in total. The zero-order valence-electron chi connectivity index (χ0n) is 10.5. The molecule has 0 bridgehead atoms. The third-order valence-corrected chi connectivity index (χ3v) is 3.77. The molecule has 3 heteroatoms. The smallest absolute Gasteiger partial charge is 0.128 e. The van der Waals surface area contributed by atoms with Crippen molar-refractivity contribution in [1.29, 1.82) is 0 Å². The van der Waals surface area contributed by atoms with E-state index in [2.05, 4.69) is 11.4 Å². The number of thioether (sulfide) groups is 1. The van der Waals surface area contributed by atoms with Gasteiger partial charge in [-0.25, -0.2) is 4.39 Å². The molecular formula is C15H16FNS. The van der Waals surface area contributed by atoms with Crippen molar-refractivity contribution in [2.24, 2.45) is 0 Å². The lowest BCUT2D eigenvalue weighted by atomic mass is 9.98. The van der Waals surface area contributed by atoms with Crippen LogP contribution in [0.1, 0.15) is 17.2 Å². The molecule has 2 aromatic rings. The molecule has 0 aromatic heterocycles. The normalized spacial score (nSPS) is 12.4. The molecule has 1 unspecified atom stereocenters. The Balaban J connectivity index is 2.49. The highest BCUT2D eigenvalue weighted by Gasteiger charge is 2.17.